The molecule has 1 amide bonds. The first-order chi connectivity index (χ1) is 7.31. The molecule has 0 saturated heterocycles. The number of fused-ring (bicyclic) bond motifs is 1. The summed E-state index contributed by atoms with van der Waals surface area (Å²) in [6, 6.07) is 0. The van der Waals surface area contributed by atoms with Crippen LogP contribution in [0.3, 0.4) is 0 Å². The van der Waals surface area contributed by atoms with Gasteiger partial charge in [-0.15, -0.1) is 0 Å². The number of rotatable bonds is 4. The Morgan fingerprint density at radius 2 is 2.60 bits per heavy atom. The molecule has 0 bridgehead atoms. The molecular weight excluding hydrogens is 214 g/mol. The second-order valence-corrected chi connectivity index (χ2v) is 4.13. The van der Waals surface area contributed by atoms with Gasteiger partial charge >= 0.3 is 0 Å². The number of amides is 1. The maximum atomic E-state index is 11.4. The summed E-state index contributed by atoms with van der Waals surface area (Å²) in [6.45, 7) is 2.00. The summed E-state index contributed by atoms with van der Waals surface area (Å²) in [5.74, 6) is -0.0518. The molecule has 15 heavy (non-hydrogen) atoms. The van der Waals surface area contributed by atoms with Crippen molar-refractivity contribution in [2.75, 3.05) is 26.2 Å². The summed E-state index contributed by atoms with van der Waals surface area (Å²) in [7, 11) is 0. The van der Waals surface area contributed by atoms with Crippen molar-refractivity contribution in [2.24, 2.45) is 4.99 Å². The van der Waals surface area contributed by atoms with Crippen LogP contribution >= 0.6 is 11.8 Å². The van der Waals surface area contributed by atoms with E-state index >= 15 is 0 Å². The standard InChI is InChI=1S/C9H13N3O2S/c13-4-2-10-8(14)5-7-6-15-9-11-1-3-12(7)9/h6,13H,1-5H2,(H,10,14). The topological polar surface area (TPSA) is 64.9 Å². The van der Waals surface area contributed by atoms with Crippen molar-refractivity contribution in [3.8, 4) is 0 Å². The first-order valence-corrected chi connectivity index (χ1v) is 5.74. The van der Waals surface area contributed by atoms with E-state index in [9.17, 15) is 4.79 Å². The van der Waals surface area contributed by atoms with Gasteiger partial charge in [0.25, 0.3) is 0 Å². The zero-order valence-corrected chi connectivity index (χ0v) is 9.09. The maximum Gasteiger partial charge on any atom is 0.226 e. The van der Waals surface area contributed by atoms with Crippen molar-refractivity contribution in [3.63, 3.8) is 0 Å². The smallest absolute Gasteiger partial charge is 0.226 e. The van der Waals surface area contributed by atoms with Crippen LogP contribution in [-0.2, 0) is 4.79 Å². The average molecular weight is 227 g/mol. The number of aliphatic hydroxyl groups excluding tert-OH is 1. The lowest BCUT2D eigenvalue weighted by atomic mass is 10.3. The Balaban J connectivity index is 1.85. The second kappa shape index (κ2) is 4.67. The van der Waals surface area contributed by atoms with Crippen LogP contribution in [0.5, 0.6) is 0 Å². The fourth-order valence-corrected chi connectivity index (χ4v) is 2.49. The summed E-state index contributed by atoms with van der Waals surface area (Å²) in [5.41, 5.74) is 1.01. The van der Waals surface area contributed by atoms with Crippen molar-refractivity contribution in [3.05, 3.63) is 11.1 Å². The molecule has 2 aliphatic rings. The molecule has 0 saturated carbocycles. The van der Waals surface area contributed by atoms with Crippen LogP contribution in [0.25, 0.3) is 0 Å². The van der Waals surface area contributed by atoms with E-state index in [0.717, 1.165) is 24.0 Å². The van der Waals surface area contributed by atoms with E-state index in [1.807, 2.05) is 5.41 Å². The summed E-state index contributed by atoms with van der Waals surface area (Å²) in [5, 5.41) is 14.2. The third kappa shape index (κ3) is 2.32. The molecule has 5 nitrogen and oxygen atoms in total. The Labute approximate surface area is 92.2 Å². The normalized spacial score (nSPS) is 18.6. The minimum Gasteiger partial charge on any atom is -0.395 e. The van der Waals surface area contributed by atoms with Crippen LogP contribution in [0.1, 0.15) is 6.42 Å². The third-order valence-corrected chi connectivity index (χ3v) is 3.17. The van der Waals surface area contributed by atoms with E-state index in [4.69, 9.17) is 5.11 Å². The van der Waals surface area contributed by atoms with Gasteiger partial charge in [0.15, 0.2) is 5.17 Å². The molecule has 82 valence electrons. The number of hydrogen-bond donors (Lipinski definition) is 2. The first-order valence-electron chi connectivity index (χ1n) is 4.86. The lowest BCUT2D eigenvalue weighted by Gasteiger charge is -2.15. The van der Waals surface area contributed by atoms with Gasteiger partial charge in [-0.2, -0.15) is 0 Å². The lowest BCUT2D eigenvalue weighted by molar-refractivity contribution is -0.120. The fourth-order valence-electron chi connectivity index (χ4n) is 1.54. The van der Waals surface area contributed by atoms with Crippen LogP contribution in [0.2, 0.25) is 0 Å². The highest BCUT2D eigenvalue weighted by atomic mass is 32.2. The molecule has 2 aliphatic heterocycles. The monoisotopic (exact) mass is 227 g/mol. The van der Waals surface area contributed by atoms with Crippen LogP contribution in [0, 0.1) is 0 Å². The molecule has 0 radical (unpaired) electrons. The molecular formula is C9H13N3O2S. The number of amidine groups is 1. The minimum absolute atomic E-state index is 0.0179. The van der Waals surface area contributed by atoms with Crippen LogP contribution in [0.15, 0.2) is 16.1 Å². The van der Waals surface area contributed by atoms with Crippen molar-refractivity contribution in [2.45, 2.75) is 6.42 Å². The number of carbonyl (C=O) groups excluding carboxylic acids is 1. The van der Waals surface area contributed by atoms with E-state index in [1.54, 1.807) is 11.8 Å². The molecule has 2 rings (SSSR count). The molecule has 0 aromatic rings. The van der Waals surface area contributed by atoms with E-state index < -0.39 is 0 Å². The summed E-state index contributed by atoms with van der Waals surface area (Å²) < 4.78 is 0. The van der Waals surface area contributed by atoms with E-state index in [-0.39, 0.29) is 12.5 Å². The van der Waals surface area contributed by atoms with Gasteiger partial charge < -0.3 is 15.3 Å². The minimum atomic E-state index is -0.0518. The Morgan fingerprint density at radius 3 is 3.40 bits per heavy atom. The second-order valence-electron chi connectivity index (χ2n) is 3.29. The van der Waals surface area contributed by atoms with Crippen LogP contribution < -0.4 is 5.32 Å². The highest BCUT2D eigenvalue weighted by Crippen LogP contribution is 2.30. The number of aliphatic hydroxyl groups is 1. The van der Waals surface area contributed by atoms with Gasteiger partial charge in [-0.05, 0) is 5.41 Å². The summed E-state index contributed by atoms with van der Waals surface area (Å²) in [4.78, 5) is 17.8. The third-order valence-electron chi connectivity index (χ3n) is 2.22. The van der Waals surface area contributed by atoms with Gasteiger partial charge in [0.05, 0.1) is 19.6 Å². The maximum absolute atomic E-state index is 11.4. The van der Waals surface area contributed by atoms with Crippen molar-refractivity contribution in [1.82, 2.24) is 10.2 Å². The molecule has 0 aromatic heterocycles. The average Bonchev–Trinajstić information content (AvgIpc) is 2.80. The SMILES string of the molecule is O=C(CC1=CSC2=NCCN12)NCCO. The summed E-state index contributed by atoms with van der Waals surface area (Å²) >= 11 is 1.57. The van der Waals surface area contributed by atoms with Crippen LogP contribution in [-0.4, -0.2) is 47.3 Å². The predicted octanol–water partition coefficient (Wildman–Crippen LogP) is -0.255. The van der Waals surface area contributed by atoms with E-state index in [1.165, 1.54) is 0 Å². The highest BCUT2D eigenvalue weighted by Gasteiger charge is 2.27. The zero-order chi connectivity index (χ0) is 10.7. The Bertz CT molecular complexity index is 327. The van der Waals surface area contributed by atoms with Gasteiger partial charge in [0, 0.05) is 18.8 Å². The van der Waals surface area contributed by atoms with Gasteiger partial charge in [0.2, 0.25) is 5.91 Å². The summed E-state index contributed by atoms with van der Waals surface area (Å²) in [6.07, 6.45) is 0.367. The van der Waals surface area contributed by atoms with Gasteiger partial charge in [-0.1, -0.05) is 11.8 Å². The molecule has 0 atom stereocenters. The Morgan fingerprint density at radius 1 is 1.73 bits per heavy atom. The molecule has 2 N–H and O–H groups in total. The van der Waals surface area contributed by atoms with Crippen molar-refractivity contribution < 1.29 is 9.90 Å². The van der Waals surface area contributed by atoms with Gasteiger partial charge in [-0.3, -0.25) is 9.79 Å². The largest absolute Gasteiger partial charge is 0.395 e. The first kappa shape index (κ1) is 10.5. The molecule has 0 aromatic carbocycles. The van der Waals surface area contributed by atoms with E-state index in [0.29, 0.717) is 13.0 Å². The van der Waals surface area contributed by atoms with Crippen molar-refractivity contribution >= 4 is 22.8 Å². The number of aliphatic imine (C=N–C) groups is 1. The number of nitrogens with zero attached hydrogens (tertiary/aromatic N) is 2. The number of nitrogens with one attached hydrogen (secondary N) is 1. The van der Waals surface area contributed by atoms with Crippen molar-refractivity contribution in [1.29, 1.82) is 0 Å². The van der Waals surface area contributed by atoms with Crippen LogP contribution in [0.4, 0.5) is 0 Å². The molecule has 0 spiro atoms. The fraction of sp³-hybridized carbons (Fsp3) is 0.556. The van der Waals surface area contributed by atoms with Gasteiger partial charge in [0.1, 0.15) is 0 Å². The molecule has 2 heterocycles. The highest BCUT2D eigenvalue weighted by molar-refractivity contribution is 8.16. The zero-order valence-electron chi connectivity index (χ0n) is 8.27. The predicted molar refractivity (Wildman–Crippen MR) is 59.4 cm³/mol. The Kier molecular flexibility index (Phi) is 3.27. The number of thioether (sulfide) groups is 1. The molecule has 0 fully saturated rings. The quantitative estimate of drug-likeness (QED) is 0.695. The lowest BCUT2D eigenvalue weighted by Crippen LogP contribution is -2.30. The van der Waals surface area contributed by atoms with E-state index in [2.05, 4.69) is 15.2 Å². The number of carbonyl (C=O) groups is 1. The molecule has 0 unspecified atom stereocenters. The molecule has 0 aliphatic carbocycles. The van der Waals surface area contributed by atoms with Gasteiger partial charge in [-0.25, -0.2) is 0 Å². The number of hydrogen-bond acceptors (Lipinski definition) is 5. The Hall–Kier alpha value is -1.01. The molecule has 6 heteroatoms.